The highest BCUT2D eigenvalue weighted by molar-refractivity contribution is 6.31. The molecule has 2 aliphatic heterocycles. The molecule has 196 valence electrons. The van der Waals surface area contributed by atoms with Crippen molar-refractivity contribution in [3.05, 3.63) is 81.8 Å². The van der Waals surface area contributed by atoms with Crippen LogP contribution in [-0.4, -0.2) is 79.0 Å². The molecule has 0 radical (unpaired) electrons. The van der Waals surface area contributed by atoms with Crippen molar-refractivity contribution in [2.24, 2.45) is 0 Å². The number of esters is 1. The van der Waals surface area contributed by atoms with E-state index in [4.69, 9.17) is 16.3 Å². The molecule has 2 heterocycles. The predicted octanol–water partition coefficient (Wildman–Crippen LogP) is 3.84. The summed E-state index contributed by atoms with van der Waals surface area (Å²) in [5.74, 6) is -1.19. The van der Waals surface area contributed by atoms with Crippen LogP contribution in [0.2, 0.25) is 5.02 Å². The Morgan fingerprint density at radius 3 is 2.62 bits per heavy atom. The van der Waals surface area contributed by atoms with E-state index in [9.17, 15) is 18.8 Å². The molecule has 4 rings (SSSR count). The second-order valence-corrected chi connectivity index (χ2v) is 9.38. The molecule has 2 aromatic carbocycles. The summed E-state index contributed by atoms with van der Waals surface area (Å²) < 4.78 is 19.0. The minimum atomic E-state index is -0.760. The zero-order valence-electron chi connectivity index (χ0n) is 20.9. The SMILES string of the molecule is CCOC(=O)C1=C(CN2CCCN(C(=O)c3cccc(F)c3)CC2)N(C)C(=O)N[C@H]1c1ccccc1Cl. The van der Waals surface area contributed by atoms with Gasteiger partial charge in [-0.25, -0.2) is 14.0 Å². The number of likely N-dealkylation sites (N-methyl/N-ethyl adjacent to an activating group) is 1. The number of hydrogen-bond acceptors (Lipinski definition) is 5. The van der Waals surface area contributed by atoms with Crippen molar-refractivity contribution >= 4 is 29.5 Å². The fraction of sp³-hybridized carbons (Fsp3) is 0.370. The molecule has 1 N–H and O–H groups in total. The summed E-state index contributed by atoms with van der Waals surface area (Å²) in [6.07, 6.45) is 0.687. The van der Waals surface area contributed by atoms with Crippen LogP contribution in [-0.2, 0) is 9.53 Å². The van der Waals surface area contributed by atoms with E-state index in [-0.39, 0.29) is 18.5 Å². The number of benzene rings is 2. The molecule has 0 aliphatic carbocycles. The molecule has 37 heavy (non-hydrogen) atoms. The first kappa shape index (κ1) is 26.6. The number of amides is 3. The van der Waals surface area contributed by atoms with Gasteiger partial charge in [-0.1, -0.05) is 35.9 Å². The Bertz CT molecular complexity index is 1220. The molecule has 0 bridgehead atoms. The first-order chi connectivity index (χ1) is 17.8. The van der Waals surface area contributed by atoms with Crippen molar-refractivity contribution in [1.29, 1.82) is 0 Å². The van der Waals surface area contributed by atoms with Gasteiger partial charge >= 0.3 is 12.0 Å². The summed E-state index contributed by atoms with van der Waals surface area (Å²) in [7, 11) is 1.62. The molecule has 0 saturated carbocycles. The highest BCUT2D eigenvalue weighted by Crippen LogP contribution is 2.34. The van der Waals surface area contributed by atoms with Gasteiger partial charge in [0.2, 0.25) is 0 Å². The molecule has 0 spiro atoms. The van der Waals surface area contributed by atoms with Crippen LogP contribution < -0.4 is 5.32 Å². The fourth-order valence-electron chi connectivity index (χ4n) is 4.69. The summed E-state index contributed by atoms with van der Waals surface area (Å²) in [6, 6.07) is 11.6. The van der Waals surface area contributed by atoms with Gasteiger partial charge in [0.1, 0.15) is 5.82 Å². The lowest BCUT2D eigenvalue weighted by molar-refractivity contribution is -0.139. The molecule has 3 amide bonds. The highest BCUT2D eigenvalue weighted by Gasteiger charge is 2.38. The van der Waals surface area contributed by atoms with E-state index in [1.807, 2.05) is 0 Å². The van der Waals surface area contributed by atoms with Gasteiger partial charge in [0.05, 0.1) is 18.2 Å². The Kier molecular flexibility index (Phi) is 8.45. The normalized spacial score (nSPS) is 18.9. The Morgan fingerprint density at radius 2 is 1.89 bits per heavy atom. The minimum Gasteiger partial charge on any atom is -0.463 e. The maximum atomic E-state index is 13.6. The van der Waals surface area contributed by atoms with Gasteiger partial charge in [0, 0.05) is 56.1 Å². The largest absolute Gasteiger partial charge is 0.463 e. The molecule has 10 heteroatoms. The molecule has 1 saturated heterocycles. The summed E-state index contributed by atoms with van der Waals surface area (Å²) in [6.45, 7) is 4.35. The molecule has 0 unspecified atom stereocenters. The number of nitrogens with zero attached hydrogens (tertiary/aromatic N) is 3. The Hall–Kier alpha value is -3.43. The van der Waals surface area contributed by atoms with Gasteiger partial charge in [-0.3, -0.25) is 14.6 Å². The topological polar surface area (TPSA) is 82.2 Å². The van der Waals surface area contributed by atoms with Gasteiger partial charge in [-0.2, -0.15) is 0 Å². The third kappa shape index (κ3) is 5.94. The Labute approximate surface area is 220 Å². The first-order valence-corrected chi connectivity index (χ1v) is 12.6. The summed E-state index contributed by atoms with van der Waals surface area (Å²) in [4.78, 5) is 44.3. The molecule has 2 aliphatic rings. The molecule has 2 aromatic rings. The van der Waals surface area contributed by atoms with Crippen LogP contribution in [0.4, 0.5) is 9.18 Å². The van der Waals surface area contributed by atoms with Gasteiger partial charge < -0.3 is 15.0 Å². The molecule has 1 fully saturated rings. The fourth-order valence-corrected chi connectivity index (χ4v) is 4.93. The van der Waals surface area contributed by atoms with Crippen LogP contribution in [0.25, 0.3) is 0 Å². The van der Waals surface area contributed by atoms with Crippen molar-refractivity contribution in [3.8, 4) is 0 Å². The number of urea groups is 1. The zero-order chi connectivity index (χ0) is 26.5. The van der Waals surface area contributed by atoms with Crippen LogP contribution in [0.1, 0.15) is 35.3 Å². The molecule has 8 nitrogen and oxygen atoms in total. The average Bonchev–Trinajstić information content (AvgIpc) is 3.12. The second-order valence-electron chi connectivity index (χ2n) is 8.98. The van der Waals surface area contributed by atoms with E-state index >= 15 is 0 Å². The standard InChI is InChI=1S/C27H30ClFN4O4/c1-3-37-26(35)23-22(31(2)27(36)30-24(23)20-10-4-5-11-21(20)28)17-32-12-7-13-33(15-14-32)25(34)18-8-6-9-19(29)16-18/h4-6,8-11,16,24H,3,7,12-15,17H2,1-2H3,(H,30,36)/t24-/m0/s1. The van der Waals surface area contributed by atoms with Crippen LogP contribution in [0.3, 0.4) is 0 Å². The maximum Gasteiger partial charge on any atom is 0.338 e. The number of halogens is 2. The van der Waals surface area contributed by atoms with Crippen molar-refractivity contribution in [1.82, 2.24) is 20.0 Å². The second kappa shape index (κ2) is 11.7. The van der Waals surface area contributed by atoms with E-state index in [0.29, 0.717) is 66.6 Å². The molecule has 0 aromatic heterocycles. The first-order valence-electron chi connectivity index (χ1n) is 12.3. The quantitative estimate of drug-likeness (QED) is 0.576. The minimum absolute atomic E-state index is 0.184. The summed E-state index contributed by atoms with van der Waals surface area (Å²) in [5.41, 5.74) is 1.77. The third-order valence-electron chi connectivity index (χ3n) is 6.61. The van der Waals surface area contributed by atoms with Crippen molar-refractivity contribution in [2.45, 2.75) is 19.4 Å². The third-order valence-corrected chi connectivity index (χ3v) is 6.95. The summed E-state index contributed by atoms with van der Waals surface area (Å²) >= 11 is 6.44. The molecular weight excluding hydrogens is 499 g/mol. The Balaban J connectivity index is 1.60. The number of hydrogen-bond donors (Lipinski definition) is 1. The number of rotatable bonds is 6. The Morgan fingerprint density at radius 1 is 1.11 bits per heavy atom. The van der Waals surface area contributed by atoms with E-state index in [1.54, 1.807) is 49.2 Å². The lowest BCUT2D eigenvalue weighted by Gasteiger charge is -2.36. The maximum absolute atomic E-state index is 13.6. The van der Waals surface area contributed by atoms with Gasteiger partial charge in [0.25, 0.3) is 5.91 Å². The monoisotopic (exact) mass is 528 g/mol. The number of ether oxygens (including phenoxy) is 1. The van der Waals surface area contributed by atoms with E-state index in [1.165, 1.54) is 23.1 Å². The van der Waals surface area contributed by atoms with Crippen LogP contribution in [0.5, 0.6) is 0 Å². The van der Waals surface area contributed by atoms with Crippen molar-refractivity contribution in [2.75, 3.05) is 46.4 Å². The average molecular weight is 529 g/mol. The lowest BCUT2D eigenvalue weighted by atomic mass is 9.94. The van der Waals surface area contributed by atoms with E-state index < -0.39 is 17.8 Å². The molecular formula is C27H30ClFN4O4. The van der Waals surface area contributed by atoms with E-state index in [0.717, 1.165) is 0 Å². The predicted molar refractivity (Wildman–Crippen MR) is 138 cm³/mol. The lowest BCUT2D eigenvalue weighted by Crippen LogP contribution is -2.49. The number of carbonyl (C=O) groups excluding carboxylic acids is 3. The zero-order valence-corrected chi connectivity index (χ0v) is 21.6. The smallest absolute Gasteiger partial charge is 0.338 e. The van der Waals surface area contributed by atoms with Crippen LogP contribution >= 0.6 is 11.6 Å². The summed E-state index contributed by atoms with van der Waals surface area (Å²) in [5, 5.41) is 3.31. The highest BCUT2D eigenvalue weighted by atomic mass is 35.5. The van der Waals surface area contributed by atoms with Crippen LogP contribution in [0.15, 0.2) is 59.8 Å². The van der Waals surface area contributed by atoms with Crippen LogP contribution in [0, 0.1) is 5.82 Å². The van der Waals surface area contributed by atoms with Gasteiger partial charge in [-0.15, -0.1) is 0 Å². The van der Waals surface area contributed by atoms with Crippen molar-refractivity contribution in [3.63, 3.8) is 0 Å². The molecule has 1 atom stereocenters. The number of carbonyl (C=O) groups is 3. The number of nitrogens with one attached hydrogen (secondary N) is 1. The van der Waals surface area contributed by atoms with Gasteiger partial charge in [0.15, 0.2) is 0 Å². The van der Waals surface area contributed by atoms with Gasteiger partial charge in [-0.05, 0) is 43.2 Å². The van der Waals surface area contributed by atoms with E-state index in [2.05, 4.69) is 10.2 Å². The van der Waals surface area contributed by atoms with Crippen molar-refractivity contribution < 1.29 is 23.5 Å².